The molecule has 0 spiro atoms. The number of rotatable bonds is 2. The van der Waals surface area contributed by atoms with Crippen LogP contribution in [0.25, 0.3) is 0 Å². The van der Waals surface area contributed by atoms with Crippen LogP contribution in [0, 0.1) is 0 Å². The van der Waals surface area contributed by atoms with Crippen LogP contribution in [-0.2, 0) is 0 Å². The van der Waals surface area contributed by atoms with Crippen LogP contribution in [0.3, 0.4) is 0 Å². The molecule has 18 heavy (non-hydrogen) atoms. The van der Waals surface area contributed by atoms with Crippen molar-refractivity contribution in [1.29, 1.82) is 0 Å². The maximum Gasteiger partial charge on any atom is 0.229 e. The van der Waals surface area contributed by atoms with Crippen LogP contribution < -0.4 is 15.8 Å². The van der Waals surface area contributed by atoms with Gasteiger partial charge in [-0.2, -0.15) is 4.99 Å². The van der Waals surface area contributed by atoms with Gasteiger partial charge in [0.2, 0.25) is 11.9 Å². The molecule has 0 atom stereocenters. The number of halogens is 1. The second-order valence-electron chi connectivity index (χ2n) is 3.15. The van der Waals surface area contributed by atoms with Gasteiger partial charge in [-0.15, -0.1) is 0 Å². The number of benzene rings is 1. The summed E-state index contributed by atoms with van der Waals surface area (Å²) in [5.74, 6) is 0.922. The fourth-order valence-corrected chi connectivity index (χ4v) is 1.39. The number of hydrogen-bond donors (Lipinski definition) is 2. The first kappa shape index (κ1) is 14.0. The number of guanidine groups is 2. The molecule has 0 unspecified atom stereocenters. The molecule has 7 heteroatoms. The predicted octanol–water partition coefficient (Wildman–Crippen LogP) is 1.76. The Labute approximate surface area is 110 Å². The number of aliphatic imine (C=N–C) groups is 3. The van der Waals surface area contributed by atoms with Crippen LogP contribution in [0.2, 0.25) is 5.02 Å². The molecule has 0 saturated carbocycles. The summed E-state index contributed by atoms with van der Waals surface area (Å²) in [4.78, 5) is 11.3. The Balaban J connectivity index is 2.92. The van der Waals surface area contributed by atoms with Crippen molar-refractivity contribution in [2.75, 3.05) is 19.5 Å². The van der Waals surface area contributed by atoms with Crippen molar-refractivity contribution in [1.82, 2.24) is 0 Å². The minimum Gasteiger partial charge on any atom is -0.495 e. The number of nitrogens with two attached hydrogens (primary N) is 1. The molecule has 0 radical (unpaired) electrons. The Morgan fingerprint density at radius 3 is 2.72 bits per heavy atom. The molecule has 0 amide bonds. The fraction of sp³-hybridized carbons (Fsp3) is 0.182. The van der Waals surface area contributed by atoms with E-state index in [1.54, 1.807) is 25.3 Å². The summed E-state index contributed by atoms with van der Waals surface area (Å²) in [6, 6.07) is 5.17. The molecule has 0 saturated heterocycles. The lowest BCUT2D eigenvalue weighted by Gasteiger charge is -2.08. The fourth-order valence-electron chi connectivity index (χ4n) is 1.13. The molecule has 0 aliphatic rings. The molecule has 0 aliphatic carbocycles. The van der Waals surface area contributed by atoms with E-state index in [2.05, 4.69) is 27.0 Å². The topological polar surface area (TPSA) is 84.4 Å². The standard InChI is InChI=1S/C11H14ClN5O/c1-14-10(13)17-11(15-2)16-7-4-5-9(18-3)8(12)6-7/h4-6H,2H2,1,3H3,(H3,13,14,16,17). The summed E-state index contributed by atoms with van der Waals surface area (Å²) in [7, 11) is 3.08. The van der Waals surface area contributed by atoms with Crippen LogP contribution in [0.15, 0.2) is 33.2 Å². The van der Waals surface area contributed by atoms with Crippen LogP contribution in [0.4, 0.5) is 5.69 Å². The Morgan fingerprint density at radius 1 is 1.50 bits per heavy atom. The molecule has 1 aromatic rings. The zero-order chi connectivity index (χ0) is 13.5. The van der Waals surface area contributed by atoms with E-state index in [1.807, 2.05) is 0 Å². The van der Waals surface area contributed by atoms with Crippen molar-refractivity contribution < 1.29 is 4.74 Å². The van der Waals surface area contributed by atoms with Gasteiger partial charge in [-0.1, -0.05) is 11.6 Å². The Kier molecular flexibility index (Phi) is 5.13. The van der Waals surface area contributed by atoms with Crippen LogP contribution >= 0.6 is 11.6 Å². The van der Waals surface area contributed by atoms with Crippen molar-refractivity contribution in [3.8, 4) is 5.75 Å². The quantitative estimate of drug-likeness (QED) is 0.632. The van der Waals surface area contributed by atoms with E-state index in [-0.39, 0.29) is 11.9 Å². The third-order valence-corrected chi connectivity index (χ3v) is 2.30. The van der Waals surface area contributed by atoms with E-state index < -0.39 is 0 Å². The molecule has 0 bridgehead atoms. The van der Waals surface area contributed by atoms with E-state index in [4.69, 9.17) is 22.1 Å². The SMILES string of the molecule is C=N/C(=N\C(N)=NC)Nc1ccc(OC)c(Cl)c1. The maximum absolute atomic E-state index is 5.99. The largest absolute Gasteiger partial charge is 0.495 e. The third kappa shape index (κ3) is 3.74. The van der Waals surface area contributed by atoms with E-state index in [1.165, 1.54) is 7.05 Å². The van der Waals surface area contributed by atoms with Gasteiger partial charge in [0.1, 0.15) is 5.75 Å². The van der Waals surface area contributed by atoms with Gasteiger partial charge in [-0.25, -0.2) is 4.99 Å². The van der Waals surface area contributed by atoms with Gasteiger partial charge in [0, 0.05) is 12.7 Å². The van der Waals surface area contributed by atoms with Crippen molar-refractivity contribution in [2.24, 2.45) is 20.7 Å². The number of ether oxygens (including phenoxy) is 1. The van der Waals surface area contributed by atoms with Crippen molar-refractivity contribution in [3.63, 3.8) is 0 Å². The average molecular weight is 268 g/mol. The Morgan fingerprint density at radius 2 is 2.22 bits per heavy atom. The van der Waals surface area contributed by atoms with E-state index >= 15 is 0 Å². The average Bonchev–Trinajstić information content (AvgIpc) is 2.38. The monoisotopic (exact) mass is 267 g/mol. The van der Waals surface area contributed by atoms with Crippen molar-refractivity contribution >= 4 is 35.9 Å². The van der Waals surface area contributed by atoms with Crippen molar-refractivity contribution in [2.45, 2.75) is 0 Å². The highest BCUT2D eigenvalue weighted by Gasteiger charge is 2.03. The highest BCUT2D eigenvalue weighted by Crippen LogP contribution is 2.27. The number of hydrogen-bond acceptors (Lipinski definition) is 2. The molecule has 1 rings (SSSR count). The summed E-state index contributed by atoms with van der Waals surface area (Å²) in [5, 5.41) is 3.38. The number of nitrogens with zero attached hydrogens (tertiary/aromatic N) is 3. The lowest BCUT2D eigenvalue weighted by Crippen LogP contribution is -2.16. The molecule has 96 valence electrons. The van der Waals surface area contributed by atoms with Gasteiger partial charge in [0.05, 0.1) is 12.1 Å². The third-order valence-electron chi connectivity index (χ3n) is 2.01. The molecule has 0 aliphatic heterocycles. The van der Waals surface area contributed by atoms with Gasteiger partial charge < -0.3 is 15.8 Å². The zero-order valence-electron chi connectivity index (χ0n) is 10.1. The first-order valence-corrected chi connectivity index (χ1v) is 5.36. The van der Waals surface area contributed by atoms with Gasteiger partial charge in [-0.3, -0.25) is 4.99 Å². The van der Waals surface area contributed by atoms with Gasteiger partial charge in [0.15, 0.2) is 0 Å². The molecule has 3 N–H and O–H groups in total. The molecular weight excluding hydrogens is 254 g/mol. The predicted molar refractivity (Wildman–Crippen MR) is 76.2 cm³/mol. The summed E-state index contributed by atoms with van der Waals surface area (Å²) in [5.41, 5.74) is 6.16. The lowest BCUT2D eigenvalue weighted by molar-refractivity contribution is 0.415. The second-order valence-corrected chi connectivity index (χ2v) is 3.56. The zero-order valence-corrected chi connectivity index (χ0v) is 10.9. The van der Waals surface area contributed by atoms with Crippen LogP contribution in [0.5, 0.6) is 5.75 Å². The first-order valence-electron chi connectivity index (χ1n) is 4.99. The molecule has 6 nitrogen and oxygen atoms in total. The maximum atomic E-state index is 5.99. The highest BCUT2D eigenvalue weighted by atomic mass is 35.5. The minimum atomic E-state index is 0.101. The summed E-state index contributed by atoms with van der Waals surface area (Å²) < 4.78 is 5.05. The van der Waals surface area contributed by atoms with E-state index in [9.17, 15) is 0 Å². The molecular formula is C11H14ClN5O. The van der Waals surface area contributed by atoms with Crippen molar-refractivity contribution in [3.05, 3.63) is 23.2 Å². The number of anilines is 1. The molecule has 0 aromatic heterocycles. The van der Waals surface area contributed by atoms with E-state index in [0.29, 0.717) is 16.5 Å². The highest BCUT2D eigenvalue weighted by molar-refractivity contribution is 6.32. The van der Waals surface area contributed by atoms with Crippen LogP contribution in [0.1, 0.15) is 0 Å². The minimum absolute atomic E-state index is 0.101. The second kappa shape index (κ2) is 6.61. The van der Waals surface area contributed by atoms with Crippen LogP contribution in [-0.4, -0.2) is 32.8 Å². The normalized spacial score (nSPS) is 12.2. The van der Waals surface area contributed by atoms with Gasteiger partial charge in [0.25, 0.3) is 0 Å². The lowest BCUT2D eigenvalue weighted by atomic mass is 10.3. The number of nitrogens with one attached hydrogen (secondary N) is 1. The molecule has 0 heterocycles. The summed E-state index contributed by atoms with van der Waals surface area (Å²) >= 11 is 5.99. The first-order chi connectivity index (χ1) is 8.60. The Bertz CT molecular complexity index is 498. The van der Waals surface area contributed by atoms with E-state index in [0.717, 1.165) is 0 Å². The summed E-state index contributed by atoms with van der Waals surface area (Å²) in [6.07, 6.45) is 0. The molecule has 0 fully saturated rings. The van der Waals surface area contributed by atoms with Gasteiger partial charge in [-0.05, 0) is 24.9 Å². The number of methoxy groups -OCH3 is 1. The summed E-state index contributed by atoms with van der Waals surface area (Å²) in [6.45, 7) is 3.39. The molecule has 1 aromatic carbocycles. The Hall–Kier alpha value is -2.08. The smallest absolute Gasteiger partial charge is 0.229 e. The van der Waals surface area contributed by atoms with Gasteiger partial charge >= 0.3 is 0 Å².